The summed E-state index contributed by atoms with van der Waals surface area (Å²) in [5.41, 5.74) is -0.628. The van der Waals surface area contributed by atoms with Crippen molar-refractivity contribution in [3.8, 4) is 11.3 Å². The molecule has 1 aliphatic rings. The van der Waals surface area contributed by atoms with Crippen LogP contribution >= 0.6 is 11.3 Å². The fourth-order valence-corrected chi connectivity index (χ4v) is 4.80. The molecular formula is C15H13F3N2O3S2. The highest BCUT2D eigenvalue weighted by Gasteiger charge is 2.53. The molecule has 0 atom stereocenters. The van der Waals surface area contributed by atoms with Gasteiger partial charge >= 0.3 is 0 Å². The van der Waals surface area contributed by atoms with Crippen LogP contribution in [-0.2, 0) is 14.6 Å². The number of anilines is 1. The van der Waals surface area contributed by atoms with Gasteiger partial charge in [0.05, 0.1) is 0 Å². The fraction of sp³-hybridized carbons (Fsp3) is 0.333. The lowest BCUT2D eigenvalue weighted by molar-refractivity contribution is -0.120. The molecule has 1 heterocycles. The highest BCUT2D eigenvalue weighted by atomic mass is 32.2. The summed E-state index contributed by atoms with van der Waals surface area (Å²) in [6.45, 7) is 0. The molecule has 1 amide bonds. The van der Waals surface area contributed by atoms with Crippen LogP contribution < -0.4 is 5.32 Å². The largest absolute Gasteiger partial charge is 0.300 e. The average Bonchev–Trinajstić information content (AvgIpc) is 2.76. The number of halogens is 3. The summed E-state index contributed by atoms with van der Waals surface area (Å²) in [4.78, 5) is 16.2. The number of hydrogen-bond acceptors (Lipinski definition) is 5. The van der Waals surface area contributed by atoms with Crippen LogP contribution in [0.3, 0.4) is 0 Å². The Balaban J connectivity index is 1.90. The van der Waals surface area contributed by atoms with Gasteiger partial charge in [0.2, 0.25) is 11.0 Å². The first-order valence-corrected chi connectivity index (χ1v) is 9.98. The number of nitrogens with zero attached hydrogens (tertiary/aromatic N) is 1. The number of nitrogens with one attached hydrogen (secondary N) is 1. The second-order valence-electron chi connectivity index (χ2n) is 5.84. The van der Waals surface area contributed by atoms with E-state index in [1.165, 1.54) is 0 Å². The highest BCUT2D eigenvalue weighted by molar-refractivity contribution is 7.93. The van der Waals surface area contributed by atoms with Crippen LogP contribution in [0.15, 0.2) is 18.2 Å². The third-order valence-corrected chi connectivity index (χ3v) is 7.05. The fourth-order valence-electron chi connectivity index (χ4n) is 2.68. The Kier molecular flexibility index (Phi) is 4.36. The van der Waals surface area contributed by atoms with Gasteiger partial charge in [-0.15, -0.1) is 0 Å². The molecule has 2 aromatic rings. The standard InChI is InChI=1S/C15H13F3N2O3S2/c1-25(22,23)15(5-2-6-15)13(21)20-14-19-11(12(18)24-14)9-4-3-8(16)7-10(9)17/h3-4,7H,2,5-6H2,1H3,(H,19,20,21). The summed E-state index contributed by atoms with van der Waals surface area (Å²) in [7, 11) is -3.64. The lowest BCUT2D eigenvalue weighted by Crippen LogP contribution is -2.54. The van der Waals surface area contributed by atoms with Crippen molar-refractivity contribution < 1.29 is 26.4 Å². The van der Waals surface area contributed by atoms with Crippen molar-refractivity contribution in [3.63, 3.8) is 0 Å². The number of carbonyl (C=O) groups excluding carboxylic acids is 1. The minimum absolute atomic E-state index is 0.184. The van der Waals surface area contributed by atoms with Gasteiger partial charge in [-0.25, -0.2) is 22.2 Å². The Bertz CT molecular complexity index is 953. The molecule has 0 radical (unpaired) electrons. The van der Waals surface area contributed by atoms with Crippen LogP contribution in [-0.4, -0.2) is 30.3 Å². The summed E-state index contributed by atoms with van der Waals surface area (Å²) in [5.74, 6) is -2.58. The van der Waals surface area contributed by atoms with Gasteiger partial charge in [0.1, 0.15) is 17.3 Å². The monoisotopic (exact) mass is 390 g/mol. The van der Waals surface area contributed by atoms with Crippen molar-refractivity contribution in [1.29, 1.82) is 0 Å². The zero-order valence-electron chi connectivity index (χ0n) is 13.0. The molecule has 1 fully saturated rings. The molecule has 10 heteroatoms. The van der Waals surface area contributed by atoms with E-state index < -0.39 is 37.3 Å². The quantitative estimate of drug-likeness (QED) is 0.870. The average molecular weight is 390 g/mol. The number of carbonyl (C=O) groups is 1. The van der Waals surface area contributed by atoms with E-state index in [0.29, 0.717) is 23.8 Å². The predicted octanol–water partition coefficient (Wildman–Crippen LogP) is 3.13. The SMILES string of the molecule is CS(=O)(=O)C1(C(=O)Nc2nc(-c3ccc(F)cc3F)c(F)s2)CCC1. The molecule has 0 aliphatic heterocycles. The Morgan fingerprint density at radius 1 is 1.28 bits per heavy atom. The van der Waals surface area contributed by atoms with Gasteiger partial charge in [-0.2, -0.15) is 4.39 Å². The normalized spacial score (nSPS) is 16.3. The molecule has 1 aromatic carbocycles. The van der Waals surface area contributed by atoms with E-state index in [0.717, 1.165) is 18.4 Å². The van der Waals surface area contributed by atoms with E-state index in [-0.39, 0.29) is 29.2 Å². The van der Waals surface area contributed by atoms with Crippen molar-refractivity contribution in [1.82, 2.24) is 4.98 Å². The molecule has 0 spiro atoms. The summed E-state index contributed by atoms with van der Waals surface area (Å²) in [5, 5.41) is 1.25. The molecule has 1 aliphatic carbocycles. The second kappa shape index (κ2) is 6.10. The van der Waals surface area contributed by atoms with Gasteiger partial charge in [-0.3, -0.25) is 4.79 Å². The van der Waals surface area contributed by atoms with E-state index in [9.17, 15) is 26.4 Å². The van der Waals surface area contributed by atoms with Crippen LogP contribution in [0.25, 0.3) is 11.3 Å². The lowest BCUT2D eigenvalue weighted by atomic mass is 9.83. The van der Waals surface area contributed by atoms with Crippen molar-refractivity contribution in [2.75, 3.05) is 11.6 Å². The molecule has 0 saturated heterocycles. The van der Waals surface area contributed by atoms with Crippen molar-refractivity contribution in [3.05, 3.63) is 35.0 Å². The van der Waals surface area contributed by atoms with Gasteiger partial charge < -0.3 is 5.32 Å². The predicted molar refractivity (Wildman–Crippen MR) is 87.5 cm³/mol. The van der Waals surface area contributed by atoms with E-state index in [2.05, 4.69) is 10.3 Å². The molecule has 1 N–H and O–H groups in total. The van der Waals surface area contributed by atoms with Crippen molar-refractivity contribution >= 4 is 32.2 Å². The molecular weight excluding hydrogens is 377 g/mol. The van der Waals surface area contributed by atoms with E-state index in [4.69, 9.17) is 0 Å². The summed E-state index contributed by atoms with van der Waals surface area (Å²) in [6.07, 6.45) is 1.95. The number of rotatable bonds is 4. The number of sulfone groups is 1. The van der Waals surface area contributed by atoms with Crippen molar-refractivity contribution in [2.24, 2.45) is 0 Å². The number of hydrogen-bond donors (Lipinski definition) is 1. The first-order valence-electron chi connectivity index (χ1n) is 7.27. The smallest absolute Gasteiger partial charge is 0.247 e. The maximum atomic E-state index is 14.1. The zero-order chi connectivity index (χ0) is 18.4. The van der Waals surface area contributed by atoms with Crippen LogP contribution in [0.1, 0.15) is 19.3 Å². The minimum Gasteiger partial charge on any atom is -0.300 e. The van der Waals surface area contributed by atoms with E-state index in [1.807, 2.05) is 0 Å². The number of thiazole rings is 1. The third kappa shape index (κ3) is 3.04. The molecule has 1 saturated carbocycles. The van der Waals surface area contributed by atoms with Gasteiger partial charge in [-0.1, -0.05) is 11.3 Å². The van der Waals surface area contributed by atoms with Crippen LogP contribution in [0, 0.1) is 16.8 Å². The van der Waals surface area contributed by atoms with Gasteiger partial charge in [-0.05, 0) is 31.4 Å². The maximum absolute atomic E-state index is 14.1. The minimum atomic E-state index is -3.64. The Hall–Kier alpha value is -1.94. The number of aromatic nitrogens is 1. The first-order chi connectivity index (χ1) is 11.6. The Morgan fingerprint density at radius 3 is 2.48 bits per heavy atom. The Morgan fingerprint density at radius 2 is 1.96 bits per heavy atom. The van der Waals surface area contributed by atoms with Gasteiger partial charge in [0.15, 0.2) is 19.7 Å². The van der Waals surface area contributed by atoms with Gasteiger partial charge in [0, 0.05) is 17.9 Å². The molecule has 134 valence electrons. The second-order valence-corrected chi connectivity index (χ2v) is 9.11. The lowest BCUT2D eigenvalue weighted by Gasteiger charge is -2.37. The summed E-state index contributed by atoms with van der Waals surface area (Å²) >= 11 is 0.447. The topological polar surface area (TPSA) is 76.1 Å². The first kappa shape index (κ1) is 17.9. The Labute approximate surface area is 145 Å². The van der Waals surface area contributed by atoms with Crippen molar-refractivity contribution in [2.45, 2.75) is 24.0 Å². The molecule has 1 aromatic heterocycles. The molecule has 25 heavy (non-hydrogen) atoms. The molecule has 3 rings (SSSR count). The maximum Gasteiger partial charge on any atom is 0.247 e. The highest BCUT2D eigenvalue weighted by Crippen LogP contribution is 2.40. The number of amides is 1. The third-order valence-electron chi connectivity index (χ3n) is 4.28. The van der Waals surface area contributed by atoms with E-state index in [1.54, 1.807) is 0 Å². The molecule has 0 unspecified atom stereocenters. The zero-order valence-corrected chi connectivity index (χ0v) is 14.6. The van der Waals surface area contributed by atoms with Gasteiger partial charge in [0.25, 0.3) is 0 Å². The molecule has 0 bridgehead atoms. The summed E-state index contributed by atoms with van der Waals surface area (Å²) in [6, 6.07) is 2.60. The number of benzene rings is 1. The summed E-state index contributed by atoms with van der Waals surface area (Å²) < 4.78 is 63.1. The van der Waals surface area contributed by atoms with Crippen LogP contribution in [0.4, 0.5) is 18.3 Å². The van der Waals surface area contributed by atoms with Crippen LogP contribution in [0.5, 0.6) is 0 Å². The molecule has 5 nitrogen and oxygen atoms in total. The van der Waals surface area contributed by atoms with Crippen LogP contribution in [0.2, 0.25) is 0 Å². The van der Waals surface area contributed by atoms with E-state index >= 15 is 0 Å².